The zero-order valence-corrected chi connectivity index (χ0v) is 15.2. The van der Waals surface area contributed by atoms with Crippen molar-refractivity contribution in [3.63, 3.8) is 0 Å². The molecule has 1 aliphatic rings. The molecule has 0 bridgehead atoms. The molecule has 0 saturated carbocycles. The van der Waals surface area contributed by atoms with Gasteiger partial charge in [-0.15, -0.1) is 0 Å². The molecule has 0 radical (unpaired) electrons. The monoisotopic (exact) mass is 352 g/mol. The van der Waals surface area contributed by atoms with Gasteiger partial charge in [-0.05, 0) is 44.9 Å². The Hall–Kier alpha value is -1.75. The second-order valence-electron chi connectivity index (χ2n) is 6.35. The number of carbonyl (C=O) groups excluding carboxylic acids is 2. The van der Waals surface area contributed by atoms with Gasteiger partial charge in [-0.1, -0.05) is 18.5 Å². The van der Waals surface area contributed by atoms with Crippen molar-refractivity contribution in [2.75, 3.05) is 13.2 Å². The number of nitrogens with zero attached hydrogens (tertiary/aromatic N) is 1. The van der Waals surface area contributed by atoms with Gasteiger partial charge >= 0.3 is 0 Å². The number of ether oxygens (including phenoxy) is 1. The van der Waals surface area contributed by atoms with Crippen LogP contribution in [-0.2, 0) is 4.79 Å². The third-order valence-electron chi connectivity index (χ3n) is 4.03. The predicted octanol–water partition coefficient (Wildman–Crippen LogP) is 3.26. The molecule has 2 rings (SSSR count). The van der Waals surface area contributed by atoms with Crippen LogP contribution in [0.4, 0.5) is 0 Å². The fourth-order valence-corrected chi connectivity index (χ4v) is 2.94. The molecule has 1 fully saturated rings. The van der Waals surface area contributed by atoms with Crippen molar-refractivity contribution >= 4 is 23.4 Å². The molecule has 132 valence electrons. The quantitative estimate of drug-likeness (QED) is 0.819. The third-order valence-corrected chi connectivity index (χ3v) is 4.32. The molecule has 0 aliphatic carbocycles. The smallest absolute Gasteiger partial charge is 0.254 e. The van der Waals surface area contributed by atoms with Crippen LogP contribution >= 0.6 is 11.6 Å². The van der Waals surface area contributed by atoms with Crippen LogP contribution in [0.2, 0.25) is 5.02 Å². The van der Waals surface area contributed by atoms with E-state index in [2.05, 4.69) is 5.32 Å². The van der Waals surface area contributed by atoms with Crippen LogP contribution in [-0.4, -0.2) is 41.9 Å². The van der Waals surface area contributed by atoms with Gasteiger partial charge in [0.1, 0.15) is 5.75 Å². The normalized spacial score (nSPS) is 17.0. The summed E-state index contributed by atoms with van der Waals surface area (Å²) in [5, 5.41) is 3.35. The molecule has 1 atom stereocenters. The molecule has 5 nitrogen and oxygen atoms in total. The first-order chi connectivity index (χ1) is 11.4. The van der Waals surface area contributed by atoms with E-state index >= 15 is 0 Å². The van der Waals surface area contributed by atoms with Crippen molar-refractivity contribution in [3.8, 4) is 5.75 Å². The highest BCUT2D eigenvalue weighted by Crippen LogP contribution is 2.26. The second-order valence-corrected chi connectivity index (χ2v) is 6.76. The standard InChI is InChI=1S/C18H25ClN2O3/c1-4-9-24-16-7-5-13(10-15(16)19)18(23)21(12(2)3)11-14-6-8-17(22)20-14/h5,7,10,12,14H,4,6,8-9,11H2,1-3H3,(H,20,22)/t14-/m0/s1. The molecule has 1 aromatic rings. The van der Waals surface area contributed by atoms with Crippen molar-refractivity contribution < 1.29 is 14.3 Å². The maximum Gasteiger partial charge on any atom is 0.254 e. The van der Waals surface area contributed by atoms with Crippen LogP contribution in [0.1, 0.15) is 50.4 Å². The Morgan fingerprint density at radius 1 is 1.46 bits per heavy atom. The minimum absolute atomic E-state index is 0.0199. The number of hydrogen-bond donors (Lipinski definition) is 1. The Balaban J connectivity index is 2.11. The first-order valence-corrected chi connectivity index (χ1v) is 8.82. The van der Waals surface area contributed by atoms with E-state index in [0.29, 0.717) is 35.9 Å². The molecule has 6 heteroatoms. The molecular weight excluding hydrogens is 328 g/mol. The van der Waals surface area contributed by atoms with E-state index in [4.69, 9.17) is 16.3 Å². The molecular formula is C18H25ClN2O3. The molecule has 1 aromatic carbocycles. The van der Waals surface area contributed by atoms with Crippen LogP contribution in [0.25, 0.3) is 0 Å². The van der Waals surface area contributed by atoms with E-state index in [1.807, 2.05) is 20.8 Å². The lowest BCUT2D eigenvalue weighted by atomic mass is 10.1. The van der Waals surface area contributed by atoms with Gasteiger partial charge in [-0.25, -0.2) is 0 Å². The summed E-state index contributed by atoms with van der Waals surface area (Å²) in [5.41, 5.74) is 0.530. The Kier molecular flexibility index (Phi) is 6.49. The summed E-state index contributed by atoms with van der Waals surface area (Å²) in [6.45, 7) is 7.05. The topological polar surface area (TPSA) is 58.6 Å². The number of halogens is 1. The summed E-state index contributed by atoms with van der Waals surface area (Å²) < 4.78 is 5.54. The first kappa shape index (κ1) is 18.6. The molecule has 0 unspecified atom stereocenters. The van der Waals surface area contributed by atoms with Crippen molar-refractivity contribution in [1.82, 2.24) is 10.2 Å². The average Bonchev–Trinajstić information content (AvgIpc) is 2.95. The number of carbonyl (C=O) groups is 2. The molecule has 1 heterocycles. The number of amides is 2. The predicted molar refractivity (Wildman–Crippen MR) is 94.6 cm³/mol. The Bertz CT molecular complexity index is 604. The van der Waals surface area contributed by atoms with Crippen LogP contribution in [0.3, 0.4) is 0 Å². The molecule has 1 aliphatic heterocycles. The van der Waals surface area contributed by atoms with E-state index in [-0.39, 0.29) is 23.9 Å². The molecule has 24 heavy (non-hydrogen) atoms. The lowest BCUT2D eigenvalue weighted by molar-refractivity contribution is -0.119. The van der Waals surface area contributed by atoms with Gasteiger partial charge in [-0.2, -0.15) is 0 Å². The lowest BCUT2D eigenvalue weighted by Crippen LogP contribution is -2.45. The molecule has 0 spiro atoms. The number of nitrogens with one attached hydrogen (secondary N) is 1. The highest BCUT2D eigenvalue weighted by Gasteiger charge is 2.27. The summed E-state index contributed by atoms with van der Waals surface area (Å²) >= 11 is 6.23. The van der Waals surface area contributed by atoms with Gasteiger partial charge in [0, 0.05) is 30.6 Å². The summed E-state index contributed by atoms with van der Waals surface area (Å²) in [5.74, 6) is 0.556. The summed E-state index contributed by atoms with van der Waals surface area (Å²) in [6, 6.07) is 5.18. The lowest BCUT2D eigenvalue weighted by Gasteiger charge is -2.29. The van der Waals surface area contributed by atoms with Gasteiger partial charge in [0.2, 0.25) is 5.91 Å². The van der Waals surface area contributed by atoms with Crippen LogP contribution in [0, 0.1) is 0 Å². The maximum atomic E-state index is 12.8. The highest BCUT2D eigenvalue weighted by molar-refractivity contribution is 6.32. The van der Waals surface area contributed by atoms with Crippen molar-refractivity contribution in [1.29, 1.82) is 0 Å². The van der Waals surface area contributed by atoms with Gasteiger partial charge in [0.05, 0.1) is 11.6 Å². The van der Waals surface area contributed by atoms with E-state index < -0.39 is 0 Å². The van der Waals surface area contributed by atoms with Crippen LogP contribution in [0.15, 0.2) is 18.2 Å². The van der Waals surface area contributed by atoms with Gasteiger partial charge in [-0.3, -0.25) is 9.59 Å². The average molecular weight is 353 g/mol. The maximum absolute atomic E-state index is 12.8. The third kappa shape index (κ3) is 4.63. The molecule has 0 aromatic heterocycles. The Labute approximate surface area is 148 Å². The minimum Gasteiger partial charge on any atom is -0.492 e. The SMILES string of the molecule is CCCOc1ccc(C(=O)N(C[C@@H]2CCC(=O)N2)C(C)C)cc1Cl. The number of benzene rings is 1. The van der Waals surface area contributed by atoms with E-state index in [9.17, 15) is 9.59 Å². The first-order valence-electron chi connectivity index (χ1n) is 8.45. The Morgan fingerprint density at radius 3 is 2.75 bits per heavy atom. The van der Waals surface area contributed by atoms with E-state index in [0.717, 1.165) is 12.8 Å². The summed E-state index contributed by atoms with van der Waals surface area (Å²) in [7, 11) is 0. The fraction of sp³-hybridized carbons (Fsp3) is 0.556. The number of rotatable bonds is 7. The molecule has 2 amide bonds. The fourth-order valence-electron chi connectivity index (χ4n) is 2.71. The van der Waals surface area contributed by atoms with Gasteiger partial charge in [0.25, 0.3) is 5.91 Å². The molecule has 1 saturated heterocycles. The second kappa shape index (κ2) is 8.38. The zero-order chi connectivity index (χ0) is 17.7. The summed E-state index contributed by atoms with van der Waals surface area (Å²) in [4.78, 5) is 26.0. The van der Waals surface area contributed by atoms with E-state index in [1.165, 1.54) is 0 Å². The number of hydrogen-bond acceptors (Lipinski definition) is 3. The molecule has 1 N–H and O–H groups in total. The van der Waals surface area contributed by atoms with Gasteiger partial charge in [0.15, 0.2) is 0 Å². The summed E-state index contributed by atoms with van der Waals surface area (Å²) in [6.07, 6.45) is 2.19. The van der Waals surface area contributed by atoms with Crippen LogP contribution < -0.4 is 10.1 Å². The highest BCUT2D eigenvalue weighted by atomic mass is 35.5. The van der Waals surface area contributed by atoms with Crippen LogP contribution in [0.5, 0.6) is 5.75 Å². The Morgan fingerprint density at radius 2 is 2.21 bits per heavy atom. The van der Waals surface area contributed by atoms with Crippen molar-refractivity contribution in [2.24, 2.45) is 0 Å². The van der Waals surface area contributed by atoms with Crippen molar-refractivity contribution in [2.45, 2.75) is 52.1 Å². The van der Waals surface area contributed by atoms with Crippen molar-refractivity contribution in [3.05, 3.63) is 28.8 Å². The van der Waals surface area contributed by atoms with E-state index in [1.54, 1.807) is 23.1 Å². The largest absolute Gasteiger partial charge is 0.492 e. The minimum atomic E-state index is -0.0879. The zero-order valence-electron chi connectivity index (χ0n) is 14.5. The van der Waals surface area contributed by atoms with Gasteiger partial charge < -0.3 is 15.0 Å².